The average Bonchev–Trinajstić information content (AvgIpc) is 3.48. The Morgan fingerprint density at radius 2 is 1.74 bits per heavy atom. The van der Waals surface area contributed by atoms with Crippen LogP contribution in [0.4, 0.5) is 24.8 Å². The van der Waals surface area contributed by atoms with Crippen molar-refractivity contribution in [3.63, 3.8) is 0 Å². The van der Waals surface area contributed by atoms with Gasteiger partial charge in [0.15, 0.2) is 6.54 Å². The quantitative estimate of drug-likeness (QED) is 0.571. The Bertz CT molecular complexity index is 1210. The van der Waals surface area contributed by atoms with E-state index in [4.69, 9.17) is 16.7 Å². The minimum absolute atomic E-state index is 0.222. The van der Waals surface area contributed by atoms with Crippen molar-refractivity contribution in [2.75, 3.05) is 36.0 Å². The normalized spacial score (nSPS) is 20.1. The molecule has 4 heterocycles. The molecule has 0 spiro atoms. The van der Waals surface area contributed by atoms with E-state index in [1.54, 1.807) is 12.4 Å². The van der Waals surface area contributed by atoms with Gasteiger partial charge in [-0.15, -0.1) is 10.2 Å². The van der Waals surface area contributed by atoms with Crippen LogP contribution in [0.3, 0.4) is 0 Å². The smallest absolute Gasteiger partial charge is 0.416 e. The second kappa shape index (κ2) is 8.38. The van der Waals surface area contributed by atoms with Gasteiger partial charge >= 0.3 is 12.1 Å². The zero-order chi connectivity index (χ0) is 24.0. The molecule has 5 rings (SSSR count). The molecule has 0 amide bonds. The monoisotopic (exact) mass is 494 g/mol. The highest BCUT2D eigenvalue weighted by molar-refractivity contribution is 6.33. The first-order valence-corrected chi connectivity index (χ1v) is 10.7. The zero-order valence-corrected chi connectivity index (χ0v) is 18.3. The molecule has 14 heteroatoms. The second-order valence-corrected chi connectivity index (χ2v) is 8.71. The van der Waals surface area contributed by atoms with Gasteiger partial charge in [0.25, 0.3) is 0 Å². The van der Waals surface area contributed by atoms with Crippen LogP contribution in [0.2, 0.25) is 5.02 Å². The summed E-state index contributed by atoms with van der Waals surface area (Å²) in [6.45, 7) is 2.13. The van der Waals surface area contributed by atoms with Crippen molar-refractivity contribution in [2.24, 2.45) is 11.8 Å². The van der Waals surface area contributed by atoms with Crippen LogP contribution in [0.25, 0.3) is 11.4 Å². The van der Waals surface area contributed by atoms with Crippen molar-refractivity contribution < 1.29 is 23.1 Å². The maximum atomic E-state index is 13.1. The number of carboxylic acid groups (broad SMARTS) is 1. The molecule has 1 aromatic carbocycles. The first kappa shape index (κ1) is 22.3. The zero-order valence-electron chi connectivity index (χ0n) is 17.5. The number of carboxylic acids is 1. The Labute approximate surface area is 196 Å². The number of rotatable bonds is 5. The fourth-order valence-corrected chi connectivity index (χ4v) is 4.67. The van der Waals surface area contributed by atoms with Gasteiger partial charge in [0.1, 0.15) is 0 Å². The number of anilines is 2. The molecule has 0 aliphatic carbocycles. The van der Waals surface area contributed by atoms with Crippen LogP contribution in [-0.2, 0) is 17.5 Å². The van der Waals surface area contributed by atoms with Crippen LogP contribution in [0.1, 0.15) is 5.56 Å². The number of fused-ring (bicyclic) bond motifs is 1. The van der Waals surface area contributed by atoms with Gasteiger partial charge in [-0.05, 0) is 23.4 Å². The SMILES string of the molecule is O=C(O)Cn1nnc(-c2cnc(N3CC4CN(c5cc(C(F)(F)F)ccc5Cl)CC4C3)nc2)n1. The first-order valence-electron chi connectivity index (χ1n) is 10.4. The highest BCUT2D eigenvalue weighted by Gasteiger charge is 2.42. The first-order chi connectivity index (χ1) is 16.2. The Hall–Kier alpha value is -3.48. The summed E-state index contributed by atoms with van der Waals surface area (Å²) in [7, 11) is 0. The maximum absolute atomic E-state index is 13.1. The van der Waals surface area contributed by atoms with Gasteiger partial charge in [-0.3, -0.25) is 4.79 Å². The van der Waals surface area contributed by atoms with E-state index in [2.05, 4.69) is 25.4 Å². The third-order valence-corrected chi connectivity index (χ3v) is 6.33. The minimum atomic E-state index is -4.42. The van der Waals surface area contributed by atoms with E-state index in [1.165, 1.54) is 6.07 Å². The van der Waals surface area contributed by atoms with Gasteiger partial charge in [0, 0.05) is 50.4 Å². The molecule has 178 valence electrons. The molecule has 0 bridgehead atoms. The van der Waals surface area contributed by atoms with Crippen molar-refractivity contribution in [1.82, 2.24) is 30.2 Å². The molecular formula is C20H18ClF3N8O2. The molecule has 2 aromatic heterocycles. The Kier molecular flexibility index (Phi) is 5.50. The lowest BCUT2D eigenvalue weighted by Crippen LogP contribution is -2.30. The van der Waals surface area contributed by atoms with Crippen molar-refractivity contribution in [3.05, 3.63) is 41.2 Å². The van der Waals surface area contributed by atoms with Gasteiger partial charge in [-0.1, -0.05) is 11.6 Å². The van der Waals surface area contributed by atoms with Gasteiger partial charge in [0.05, 0.1) is 21.8 Å². The molecule has 10 nitrogen and oxygen atoms in total. The summed E-state index contributed by atoms with van der Waals surface area (Å²) in [5.41, 5.74) is 0.197. The molecule has 0 radical (unpaired) electrons. The van der Waals surface area contributed by atoms with E-state index in [0.29, 0.717) is 48.4 Å². The fraction of sp³-hybridized carbons (Fsp3) is 0.400. The summed E-state index contributed by atoms with van der Waals surface area (Å²) in [5.74, 6) is 0.154. The van der Waals surface area contributed by atoms with Crippen LogP contribution in [0.15, 0.2) is 30.6 Å². The lowest BCUT2D eigenvalue weighted by molar-refractivity contribution is -0.138. The Morgan fingerprint density at radius 1 is 1.09 bits per heavy atom. The number of benzene rings is 1. The number of hydrogen-bond donors (Lipinski definition) is 1. The lowest BCUT2D eigenvalue weighted by atomic mass is 10.0. The summed E-state index contributed by atoms with van der Waals surface area (Å²) in [4.78, 5) is 24.4. The molecule has 2 unspecified atom stereocenters. The number of alkyl halides is 3. The van der Waals surface area contributed by atoms with Crippen molar-refractivity contribution in [3.8, 4) is 11.4 Å². The van der Waals surface area contributed by atoms with E-state index in [0.717, 1.165) is 16.9 Å². The molecular weight excluding hydrogens is 477 g/mol. The summed E-state index contributed by atoms with van der Waals surface area (Å²) >= 11 is 6.21. The van der Waals surface area contributed by atoms with Crippen molar-refractivity contribution in [2.45, 2.75) is 12.7 Å². The molecule has 0 saturated carbocycles. The number of aromatic nitrogens is 6. The predicted molar refractivity (Wildman–Crippen MR) is 114 cm³/mol. The number of tetrazole rings is 1. The summed E-state index contributed by atoms with van der Waals surface area (Å²) < 4.78 is 39.4. The van der Waals surface area contributed by atoms with Gasteiger partial charge in [0.2, 0.25) is 11.8 Å². The van der Waals surface area contributed by atoms with Crippen LogP contribution < -0.4 is 9.80 Å². The molecule has 34 heavy (non-hydrogen) atoms. The molecule has 2 saturated heterocycles. The van der Waals surface area contributed by atoms with Crippen LogP contribution in [-0.4, -0.2) is 67.4 Å². The van der Waals surface area contributed by atoms with Gasteiger partial charge in [-0.25, -0.2) is 9.97 Å². The number of carbonyl (C=O) groups is 1. The standard InChI is InChI=1S/C20H18ClF3N8O2/c21-15-2-1-14(20(22,23)24)3-16(15)30-6-12-8-31(9-13(12)7-30)19-25-4-11(5-26-19)18-27-29-32(28-18)10-17(33)34/h1-5,12-13H,6-10H2,(H,33,34). The van der Waals surface area contributed by atoms with Crippen LogP contribution >= 0.6 is 11.6 Å². The summed E-state index contributed by atoms with van der Waals surface area (Å²) in [6, 6.07) is 3.40. The average molecular weight is 495 g/mol. The van der Waals surface area contributed by atoms with Gasteiger partial charge in [-0.2, -0.15) is 18.0 Å². The van der Waals surface area contributed by atoms with Crippen molar-refractivity contribution >= 4 is 29.2 Å². The molecule has 2 aliphatic heterocycles. The summed E-state index contributed by atoms with van der Waals surface area (Å²) in [6.07, 6.45) is -1.32. The molecule has 2 fully saturated rings. The lowest BCUT2D eigenvalue weighted by Gasteiger charge is -2.24. The number of nitrogens with zero attached hydrogens (tertiary/aromatic N) is 8. The Morgan fingerprint density at radius 3 is 2.35 bits per heavy atom. The van der Waals surface area contributed by atoms with E-state index in [-0.39, 0.29) is 17.7 Å². The largest absolute Gasteiger partial charge is 0.480 e. The minimum Gasteiger partial charge on any atom is -0.480 e. The highest BCUT2D eigenvalue weighted by Crippen LogP contribution is 2.40. The molecule has 2 atom stereocenters. The van der Waals surface area contributed by atoms with Crippen molar-refractivity contribution in [1.29, 1.82) is 0 Å². The molecule has 3 aromatic rings. The predicted octanol–water partition coefficient (Wildman–Crippen LogP) is 2.46. The summed E-state index contributed by atoms with van der Waals surface area (Å²) in [5, 5.41) is 20.6. The topological polar surface area (TPSA) is 113 Å². The third-order valence-electron chi connectivity index (χ3n) is 6.01. The van der Waals surface area contributed by atoms with E-state index < -0.39 is 24.3 Å². The Balaban J connectivity index is 1.24. The number of hydrogen-bond acceptors (Lipinski definition) is 8. The number of aliphatic carboxylic acids is 1. The van der Waals surface area contributed by atoms with Crippen LogP contribution in [0, 0.1) is 11.8 Å². The molecule has 1 N–H and O–H groups in total. The van der Waals surface area contributed by atoms with E-state index in [1.807, 2.05) is 9.80 Å². The maximum Gasteiger partial charge on any atom is 0.416 e. The van der Waals surface area contributed by atoms with E-state index in [9.17, 15) is 18.0 Å². The highest BCUT2D eigenvalue weighted by atomic mass is 35.5. The van der Waals surface area contributed by atoms with E-state index >= 15 is 0 Å². The van der Waals surface area contributed by atoms with Gasteiger partial charge < -0.3 is 14.9 Å². The second-order valence-electron chi connectivity index (χ2n) is 8.30. The van der Waals surface area contributed by atoms with Crippen LogP contribution in [0.5, 0.6) is 0 Å². The molecule has 2 aliphatic rings. The number of halogens is 4. The fourth-order valence-electron chi connectivity index (χ4n) is 4.43. The third kappa shape index (κ3) is 4.34.